The number of amides is 3. The SMILES string of the molecule is CCOc1ccc(N2CC=C[C@H]3O[C@]45C=CCN(Cn6nnc7ccccc76)C(=O)C4N(CCCCCO)C(=O)[C@@H]5[C@H]3C2=O)cc1. The predicted octanol–water partition coefficient (Wildman–Crippen LogP) is 2.53. The predicted molar refractivity (Wildman–Crippen MR) is 169 cm³/mol. The maximum atomic E-state index is 14.6. The van der Waals surface area contributed by atoms with Crippen LogP contribution in [0.4, 0.5) is 5.69 Å². The van der Waals surface area contributed by atoms with Crippen molar-refractivity contribution < 1.29 is 29.0 Å². The lowest BCUT2D eigenvalue weighted by molar-refractivity contribution is -0.148. The van der Waals surface area contributed by atoms with E-state index in [2.05, 4.69) is 10.3 Å². The van der Waals surface area contributed by atoms with Crippen molar-refractivity contribution in [2.45, 2.75) is 50.6 Å². The second-order valence-electron chi connectivity index (χ2n) is 12.1. The smallest absolute Gasteiger partial charge is 0.250 e. The van der Waals surface area contributed by atoms with E-state index in [1.807, 2.05) is 79.8 Å². The molecule has 5 heterocycles. The van der Waals surface area contributed by atoms with Gasteiger partial charge in [0.1, 0.15) is 29.6 Å². The molecule has 5 atom stereocenters. The summed E-state index contributed by atoms with van der Waals surface area (Å²) in [5.41, 5.74) is 0.895. The van der Waals surface area contributed by atoms with Crippen LogP contribution in [-0.4, -0.2) is 98.2 Å². The number of aliphatic hydroxyl groups excluding tert-OH is 1. The Bertz CT molecular complexity index is 1690. The molecule has 46 heavy (non-hydrogen) atoms. The number of rotatable bonds is 10. The van der Waals surface area contributed by atoms with Crippen LogP contribution >= 0.6 is 0 Å². The fourth-order valence-electron chi connectivity index (χ4n) is 7.43. The van der Waals surface area contributed by atoms with Crippen molar-refractivity contribution in [1.82, 2.24) is 24.8 Å². The molecule has 4 aliphatic rings. The van der Waals surface area contributed by atoms with Gasteiger partial charge in [0.05, 0.1) is 30.1 Å². The van der Waals surface area contributed by atoms with E-state index in [4.69, 9.17) is 9.47 Å². The molecule has 2 saturated heterocycles. The van der Waals surface area contributed by atoms with Gasteiger partial charge < -0.3 is 29.3 Å². The van der Waals surface area contributed by atoms with Crippen molar-refractivity contribution in [2.24, 2.45) is 11.8 Å². The molecule has 2 fully saturated rings. The summed E-state index contributed by atoms with van der Waals surface area (Å²) in [5, 5.41) is 17.9. The Balaban J connectivity index is 1.23. The van der Waals surface area contributed by atoms with E-state index < -0.39 is 29.6 Å². The Morgan fingerprint density at radius 2 is 1.80 bits per heavy atom. The van der Waals surface area contributed by atoms with Crippen LogP contribution in [0.25, 0.3) is 11.0 Å². The lowest BCUT2D eigenvalue weighted by Gasteiger charge is -2.35. The molecular formula is C34H38N6O6. The van der Waals surface area contributed by atoms with Gasteiger partial charge >= 0.3 is 0 Å². The lowest BCUT2D eigenvalue weighted by Crippen LogP contribution is -2.55. The number of unbranched alkanes of at least 4 members (excludes halogenated alkanes) is 2. The van der Waals surface area contributed by atoms with Crippen molar-refractivity contribution in [3.63, 3.8) is 0 Å². The number of anilines is 1. The third kappa shape index (κ3) is 4.96. The molecule has 3 aromatic rings. The summed E-state index contributed by atoms with van der Waals surface area (Å²) in [6.07, 6.45) is 8.72. The number of benzene rings is 2. The van der Waals surface area contributed by atoms with E-state index in [1.165, 1.54) is 0 Å². The lowest BCUT2D eigenvalue weighted by atomic mass is 9.77. The van der Waals surface area contributed by atoms with Gasteiger partial charge in [0.15, 0.2) is 0 Å². The Morgan fingerprint density at radius 3 is 2.61 bits per heavy atom. The maximum Gasteiger partial charge on any atom is 0.250 e. The van der Waals surface area contributed by atoms with Gasteiger partial charge in [0.2, 0.25) is 11.8 Å². The number of carbonyl (C=O) groups excluding carboxylic acids is 3. The number of aliphatic hydroxyl groups is 1. The van der Waals surface area contributed by atoms with Gasteiger partial charge in [-0.15, -0.1) is 5.10 Å². The van der Waals surface area contributed by atoms with Crippen LogP contribution in [0.5, 0.6) is 5.75 Å². The Labute approximate surface area is 266 Å². The van der Waals surface area contributed by atoms with Crippen molar-refractivity contribution in [3.05, 3.63) is 72.8 Å². The fourth-order valence-corrected chi connectivity index (χ4v) is 7.43. The van der Waals surface area contributed by atoms with E-state index in [-0.39, 0.29) is 37.5 Å². The summed E-state index contributed by atoms with van der Waals surface area (Å²) in [5.74, 6) is -1.73. The summed E-state index contributed by atoms with van der Waals surface area (Å²) >= 11 is 0. The normalized spacial score (nSPS) is 27.2. The van der Waals surface area contributed by atoms with E-state index in [0.717, 1.165) is 11.0 Å². The molecule has 1 unspecified atom stereocenters. The van der Waals surface area contributed by atoms with Gasteiger partial charge in [0, 0.05) is 31.9 Å². The van der Waals surface area contributed by atoms with Crippen LogP contribution in [0, 0.1) is 11.8 Å². The molecule has 240 valence electrons. The zero-order valence-electron chi connectivity index (χ0n) is 25.8. The minimum atomic E-state index is -1.32. The number of para-hydroxylation sites is 1. The monoisotopic (exact) mass is 626 g/mol. The fraction of sp³-hybridized carbons (Fsp3) is 0.441. The quantitative estimate of drug-likeness (QED) is 0.269. The molecule has 7 rings (SSSR count). The van der Waals surface area contributed by atoms with Crippen LogP contribution in [0.3, 0.4) is 0 Å². The molecule has 0 bridgehead atoms. The molecule has 3 amide bonds. The number of nitrogens with zero attached hydrogens (tertiary/aromatic N) is 6. The minimum absolute atomic E-state index is 0.0559. The molecule has 0 saturated carbocycles. The largest absolute Gasteiger partial charge is 0.494 e. The zero-order chi connectivity index (χ0) is 31.8. The molecule has 2 aromatic carbocycles. The summed E-state index contributed by atoms with van der Waals surface area (Å²) in [6, 6.07) is 13.9. The van der Waals surface area contributed by atoms with Crippen LogP contribution in [0.15, 0.2) is 72.8 Å². The minimum Gasteiger partial charge on any atom is -0.494 e. The van der Waals surface area contributed by atoms with Crippen LogP contribution in [-0.2, 0) is 25.8 Å². The second kappa shape index (κ2) is 12.3. The highest BCUT2D eigenvalue weighted by Crippen LogP contribution is 2.53. The third-order valence-corrected chi connectivity index (χ3v) is 9.48. The molecule has 1 spiro atoms. The molecule has 12 heteroatoms. The van der Waals surface area contributed by atoms with E-state index in [9.17, 15) is 19.5 Å². The first kappa shape index (κ1) is 30.1. The molecule has 0 aliphatic carbocycles. The average Bonchev–Trinajstić information content (AvgIpc) is 3.62. The van der Waals surface area contributed by atoms with Gasteiger partial charge in [0.25, 0.3) is 5.91 Å². The Hall–Kier alpha value is -4.55. The highest BCUT2D eigenvalue weighted by Gasteiger charge is 2.71. The first-order valence-corrected chi connectivity index (χ1v) is 16.0. The van der Waals surface area contributed by atoms with Gasteiger partial charge in [-0.1, -0.05) is 41.7 Å². The molecule has 1 N–H and O–H groups in total. The number of aromatic nitrogens is 3. The summed E-state index contributed by atoms with van der Waals surface area (Å²) in [6.45, 7) is 3.58. The summed E-state index contributed by atoms with van der Waals surface area (Å²) in [4.78, 5) is 48.4. The van der Waals surface area contributed by atoms with E-state index in [1.54, 1.807) is 19.4 Å². The van der Waals surface area contributed by atoms with Gasteiger partial charge in [-0.05, 0) is 62.6 Å². The van der Waals surface area contributed by atoms with Crippen molar-refractivity contribution in [1.29, 1.82) is 0 Å². The van der Waals surface area contributed by atoms with Gasteiger partial charge in [-0.2, -0.15) is 0 Å². The number of carbonyl (C=O) groups is 3. The molecule has 4 aliphatic heterocycles. The van der Waals surface area contributed by atoms with Crippen molar-refractivity contribution in [3.8, 4) is 5.75 Å². The van der Waals surface area contributed by atoms with E-state index >= 15 is 0 Å². The number of likely N-dealkylation sites (tertiary alicyclic amines) is 1. The van der Waals surface area contributed by atoms with Crippen molar-refractivity contribution >= 4 is 34.4 Å². The van der Waals surface area contributed by atoms with Crippen molar-refractivity contribution in [2.75, 3.05) is 37.7 Å². The van der Waals surface area contributed by atoms with E-state index in [0.29, 0.717) is 50.4 Å². The van der Waals surface area contributed by atoms with Gasteiger partial charge in [-0.3, -0.25) is 14.4 Å². The van der Waals surface area contributed by atoms with Crippen LogP contribution in [0.2, 0.25) is 0 Å². The van der Waals surface area contributed by atoms with Crippen LogP contribution in [0.1, 0.15) is 26.2 Å². The van der Waals surface area contributed by atoms with Gasteiger partial charge in [-0.25, -0.2) is 4.68 Å². The molecule has 1 aromatic heterocycles. The molecule has 0 radical (unpaired) electrons. The molecular weight excluding hydrogens is 588 g/mol. The highest BCUT2D eigenvalue weighted by molar-refractivity contribution is 6.03. The topological polar surface area (TPSA) is 130 Å². The number of fused-ring (bicyclic) bond motifs is 3. The molecule has 12 nitrogen and oxygen atoms in total. The number of hydrogen-bond acceptors (Lipinski definition) is 8. The summed E-state index contributed by atoms with van der Waals surface area (Å²) < 4.78 is 14.0. The zero-order valence-corrected chi connectivity index (χ0v) is 25.8. The first-order chi connectivity index (χ1) is 22.5. The van der Waals surface area contributed by atoms with Crippen LogP contribution < -0.4 is 9.64 Å². The highest BCUT2D eigenvalue weighted by atomic mass is 16.5. The Morgan fingerprint density at radius 1 is 0.978 bits per heavy atom. The maximum absolute atomic E-state index is 14.6. The number of ether oxygens (including phenoxy) is 2. The third-order valence-electron chi connectivity index (χ3n) is 9.48. The summed E-state index contributed by atoms with van der Waals surface area (Å²) in [7, 11) is 0. The first-order valence-electron chi connectivity index (χ1n) is 16.0. The average molecular weight is 627 g/mol. The Kier molecular flexibility index (Phi) is 8.07. The number of hydrogen-bond donors (Lipinski definition) is 1. The second-order valence-corrected chi connectivity index (χ2v) is 12.1. The standard InChI is InChI=1S/C34H38N6O6/c1-2-45-24-15-13-23(14-16-24)38-20-8-12-27-28(31(38)42)29-32(43)39(19-6-3-7-21-41)30-33(44)37(18-9-17-34(29,30)46-27)22-40-26-11-5-4-10-25(26)35-36-40/h4-5,8-17,27-30,41H,2-3,6-7,18-22H2,1H3/t27-,28+,29+,30?,34+/m1/s1.